The van der Waals surface area contributed by atoms with Gasteiger partial charge in [-0.05, 0) is 56.5 Å². The Morgan fingerprint density at radius 1 is 1.50 bits per heavy atom. The first kappa shape index (κ1) is 11.5. The molecule has 1 aliphatic heterocycles. The summed E-state index contributed by atoms with van der Waals surface area (Å²) in [6.45, 7) is 4.84. The summed E-state index contributed by atoms with van der Waals surface area (Å²) in [5, 5.41) is 3.38. The van der Waals surface area contributed by atoms with Gasteiger partial charge in [0.25, 0.3) is 0 Å². The van der Waals surface area contributed by atoms with E-state index in [0.717, 1.165) is 30.7 Å². The lowest BCUT2D eigenvalue weighted by Crippen LogP contribution is -2.33. The van der Waals surface area contributed by atoms with Crippen molar-refractivity contribution in [3.05, 3.63) is 34.3 Å². The van der Waals surface area contributed by atoms with Gasteiger partial charge in [-0.25, -0.2) is 4.79 Å². The van der Waals surface area contributed by atoms with Gasteiger partial charge in [-0.2, -0.15) is 0 Å². The van der Waals surface area contributed by atoms with Crippen LogP contribution in [0.25, 0.3) is 11.1 Å². The lowest BCUT2D eigenvalue weighted by atomic mass is 9.99. The summed E-state index contributed by atoms with van der Waals surface area (Å²) in [6.07, 6.45) is 2.37. The van der Waals surface area contributed by atoms with Gasteiger partial charge in [0.15, 0.2) is 5.58 Å². The Kier molecular flexibility index (Phi) is 2.96. The summed E-state index contributed by atoms with van der Waals surface area (Å²) in [4.78, 5) is 11.9. The van der Waals surface area contributed by atoms with Crippen LogP contribution in [0, 0.1) is 12.8 Å². The van der Waals surface area contributed by atoms with Crippen LogP contribution in [-0.4, -0.2) is 17.7 Å². The van der Waals surface area contributed by atoms with E-state index in [2.05, 4.69) is 5.32 Å². The zero-order valence-electron chi connectivity index (χ0n) is 10.6. The van der Waals surface area contributed by atoms with Crippen LogP contribution in [0.3, 0.4) is 0 Å². The molecular weight excluding hydrogens is 228 g/mol. The Morgan fingerprint density at radius 3 is 3.17 bits per heavy atom. The van der Waals surface area contributed by atoms with Gasteiger partial charge in [0.1, 0.15) is 0 Å². The highest BCUT2D eigenvalue weighted by atomic mass is 16.4. The quantitative estimate of drug-likeness (QED) is 0.880. The number of nitrogens with one attached hydrogen (secondary N) is 1. The summed E-state index contributed by atoms with van der Waals surface area (Å²) >= 11 is 0. The maximum absolute atomic E-state index is 11.9. The molecule has 1 unspecified atom stereocenters. The highest BCUT2D eigenvalue weighted by Crippen LogP contribution is 2.18. The van der Waals surface area contributed by atoms with Gasteiger partial charge < -0.3 is 9.73 Å². The molecule has 1 aromatic heterocycles. The molecule has 1 aliphatic rings. The van der Waals surface area contributed by atoms with Crippen LogP contribution in [0.1, 0.15) is 18.4 Å². The van der Waals surface area contributed by atoms with Crippen LogP contribution < -0.4 is 11.1 Å². The van der Waals surface area contributed by atoms with Crippen molar-refractivity contribution in [1.29, 1.82) is 0 Å². The Balaban J connectivity index is 1.95. The molecule has 0 bridgehead atoms. The normalized spacial score (nSPS) is 20.4. The molecule has 4 heteroatoms. The molecular formula is C14H18N2O2. The SMILES string of the molecule is Cc1ccc2c(c1)oc(=O)n2CC1CCCNC1. The van der Waals surface area contributed by atoms with Gasteiger partial charge in [0, 0.05) is 6.54 Å². The fraction of sp³-hybridized carbons (Fsp3) is 0.500. The molecule has 2 aromatic rings. The third kappa shape index (κ3) is 2.08. The molecule has 4 nitrogen and oxygen atoms in total. The van der Waals surface area contributed by atoms with E-state index in [4.69, 9.17) is 4.42 Å². The predicted molar refractivity (Wildman–Crippen MR) is 70.8 cm³/mol. The van der Waals surface area contributed by atoms with Crippen LogP contribution in [0.2, 0.25) is 0 Å². The summed E-state index contributed by atoms with van der Waals surface area (Å²) in [7, 11) is 0. The van der Waals surface area contributed by atoms with E-state index in [0.29, 0.717) is 11.5 Å². The average molecular weight is 246 g/mol. The second-order valence-corrected chi connectivity index (χ2v) is 5.16. The van der Waals surface area contributed by atoms with Gasteiger partial charge in [-0.1, -0.05) is 6.07 Å². The van der Waals surface area contributed by atoms with Crippen molar-refractivity contribution in [2.75, 3.05) is 13.1 Å². The van der Waals surface area contributed by atoms with Crippen molar-refractivity contribution in [3.8, 4) is 0 Å². The number of aromatic nitrogens is 1. The number of piperidine rings is 1. The summed E-state index contributed by atoms with van der Waals surface area (Å²) in [5.74, 6) is 0.291. The standard InChI is InChI=1S/C14H18N2O2/c1-10-4-5-12-13(7-10)18-14(17)16(12)9-11-3-2-6-15-8-11/h4-5,7,11,15H,2-3,6,8-9H2,1H3. The van der Waals surface area contributed by atoms with Gasteiger partial charge >= 0.3 is 5.76 Å². The summed E-state index contributed by atoms with van der Waals surface area (Å²) in [6, 6.07) is 5.92. The van der Waals surface area contributed by atoms with Crippen LogP contribution in [0.4, 0.5) is 0 Å². The maximum atomic E-state index is 11.9. The van der Waals surface area contributed by atoms with E-state index in [1.807, 2.05) is 25.1 Å². The van der Waals surface area contributed by atoms with Crippen molar-refractivity contribution in [2.24, 2.45) is 5.92 Å². The number of oxazole rings is 1. The summed E-state index contributed by atoms with van der Waals surface area (Å²) < 4.78 is 7.08. The van der Waals surface area contributed by atoms with Gasteiger partial charge in [0.2, 0.25) is 0 Å². The van der Waals surface area contributed by atoms with Gasteiger partial charge in [-0.15, -0.1) is 0 Å². The number of nitrogens with zero attached hydrogens (tertiary/aromatic N) is 1. The molecule has 0 amide bonds. The van der Waals surface area contributed by atoms with Crippen LogP contribution in [0.5, 0.6) is 0 Å². The minimum Gasteiger partial charge on any atom is -0.408 e. The van der Waals surface area contributed by atoms with E-state index in [1.165, 1.54) is 12.8 Å². The van der Waals surface area contributed by atoms with Gasteiger partial charge in [-0.3, -0.25) is 4.57 Å². The first-order valence-corrected chi connectivity index (χ1v) is 6.55. The van der Waals surface area contributed by atoms with E-state index in [-0.39, 0.29) is 5.76 Å². The first-order chi connectivity index (χ1) is 8.74. The number of hydrogen-bond donors (Lipinski definition) is 1. The molecule has 3 rings (SSSR count). The van der Waals surface area contributed by atoms with Crippen LogP contribution >= 0.6 is 0 Å². The lowest BCUT2D eigenvalue weighted by Gasteiger charge is -2.22. The molecule has 1 fully saturated rings. The van der Waals surface area contributed by atoms with Crippen molar-refractivity contribution in [1.82, 2.24) is 9.88 Å². The number of hydrogen-bond acceptors (Lipinski definition) is 3. The molecule has 0 radical (unpaired) electrons. The topological polar surface area (TPSA) is 47.2 Å². The molecule has 1 saturated heterocycles. The fourth-order valence-corrected chi connectivity index (χ4v) is 2.68. The predicted octanol–water partition coefficient (Wildman–Crippen LogP) is 1.90. The number of rotatable bonds is 2. The number of aryl methyl sites for hydroxylation is 1. The third-order valence-electron chi connectivity index (χ3n) is 3.66. The monoisotopic (exact) mass is 246 g/mol. The minimum absolute atomic E-state index is 0.235. The van der Waals surface area contributed by atoms with Crippen LogP contribution in [0.15, 0.2) is 27.4 Å². The molecule has 1 aromatic carbocycles. The minimum atomic E-state index is -0.235. The molecule has 0 spiro atoms. The van der Waals surface area contributed by atoms with E-state index in [9.17, 15) is 4.79 Å². The van der Waals surface area contributed by atoms with Crippen molar-refractivity contribution < 1.29 is 4.42 Å². The lowest BCUT2D eigenvalue weighted by molar-refractivity contribution is 0.329. The fourth-order valence-electron chi connectivity index (χ4n) is 2.68. The first-order valence-electron chi connectivity index (χ1n) is 6.55. The largest absolute Gasteiger partial charge is 0.419 e. The molecule has 1 N–H and O–H groups in total. The van der Waals surface area contributed by atoms with Crippen LogP contribution in [-0.2, 0) is 6.54 Å². The number of fused-ring (bicyclic) bond motifs is 1. The Hall–Kier alpha value is -1.55. The molecule has 0 aliphatic carbocycles. The Labute approximate surface area is 106 Å². The van der Waals surface area contributed by atoms with Crippen molar-refractivity contribution >= 4 is 11.1 Å². The second kappa shape index (κ2) is 4.61. The molecule has 1 atom stereocenters. The van der Waals surface area contributed by atoms with E-state index in [1.54, 1.807) is 4.57 Å². The summed E-state index contributed by atoms with van der Waals surface area (Å²) in [5.41, 5.74) is 2.72. The van der Waals surface area contributed by atoms with Crippen molar-refractivity contribution in [2.45, 2.75) is 26.3 Å². The maximum Gasteiger partial charge on any atom is 0.419 e. The number of benzene rings is 1. The van der Waals surface area contributed by atoms with E-state index < -0.39 is 0 Å². The molecule has 2 heterocycles. The smallest absolute Gasteiger partial charge is 0.408 e. The zero-order chi connectivity index (χ0) is 12.5. The molecule has 0 saturated carbocycles. The average Bonchev–Trinajstić information content (AvgIpc) is 2.66. The zero-order valence-corrected chi connectivity index (χ0v) is 10.6. The molecule has 96 valence electrons. The van der Waals surface area contributed by atoms with E-state index >= 15 is 0 Å². The van der Waals surface area contributed by atoms with Gasteiger partial charge in [0.05, 0.1) is 5.52 Å². The Bertz CT molecular complexity index is 606. The highest BCUT2D eigenvalue weighted by Gasteiger charge is 2.17. The Morgan fingerprint density at radius 2 is 2.39 bits per heavy atom. The highest BCUT2D eigenvalue weighted by molar-refractivity contribution is 5.73. The third-order valence-corrected chi connectivity index (χ3v) is 3.66. The van der Waals surface area contributed by atoms with Crippen molar-refractivity contribution in [3.63, 3.8) is 0 Å². The second-order valence-electron chi connectivity index (χ2n) is 5.16. The molecule has 18 heavy (non-hydrogen) atoms.